The number of rotatable bonds is 4. The van der Waals surface area contributed by atoms with E-state index in [1.807, 2.05) is 5.38 Å². The van der Waals surface area contributed by atoms with Gasteiger partial charge in [0.1, 0.15) is 0 Å². The van der Waals surface area contributed by atoms with E-state index in [0.717, 1.165) is 24.3 Å². The third-order valence-electron chi connectivity index (χ3n) is 2.55. The van der Waals surface area contributed by atoms with Gasteiger partial charge in [-0.2, -0.15) is 0 Å². The van der Waals surface area contributed by atoms with Gasteiger partial charge in [0, 0.05) is 30.6 Å². The van der Waals surface area contributed by atoms with Crippen LogP contribution in [0.25, 0.3) is 0 Å². The van der Waals surface area contributed by atoms with Crippen LogP contribution in [-0.4, -0.2) is 23.6 Å². The minimum absolute atomic E-state index is 0.0451. The second kappa shape index (κ2) is 5.11. The zero-order valence-corrected chi connectivity index (χ0v) is 9.35. The van der Waals surface area contributed by atoms with E-state index >= 15 is 0 Å². The molecular formula is C10H15N3OS. The highest BCUT2D eigenvalue weighted by Gasteiger charge is 2.18. The molecule has 0 unspecified atom stereocenters. The third kappa shape index (κ3) is 3.20. The number of hydrogen-bond acceptors (Lipinski definition) is 3. The van der Waals surface area contributed by atoms with Crippen molar-refractivity contribution in [1.29, 1.82) is 0 Å². The monoisotopic (exact) mass is 225 g/mol. The highest BCUT2D eigenvalue weighted by molar-refractivity contribution is 7.09. The molecule has 4 nitrogen and oxygen atoms in total. The number of hydrogen-bond donors (Lipinski definition) is 2. The van der Waals surface area contributed by atoms with E-state index in [-0.39, 0.29) is 6.03 Å². The maximum absolute atomic E-state index is 11.3. The molecule has 1 aromatic rings. The van der Waals surface area contributed by atoms with Crippen LogP contribution in [0.1, 0.15) is 24.3 Å². The fourth-order valence-corrected chi connectivity index (χ4v) is 2.07. The van der Waals surface area contributed by atoms with E-state index in [1.165, 1.54) is 6.42 Å². The van der Waals surface area contributed by atoms with Crippen molar-refractivity contribution in [2.45, 2.75) is 31.7 Å². The van der Waals surface area contributed by atoms with Crippen molar-refractivity contribution < 1.29 is 4.79 Å². The van der Waals surface area contributed by atoms with E-state index in [1.54, 1.807) is 17.5 Å². The lowest BCUT2D eigenvalue weighted by Gasteiger charge is -2.26. The Morgan fingerprint density at radius 3 is 3.07 bits per heavy atom. The minimum atomic E-state index is -0.0451. The highest BCUT2D eigenvalue weighted by Crippen LogP contribution is 2.17. The number of nitrogens with zero attached hydrogens (tertiary/aromatic N) is 1. The fraction of sp³-hybridized carbons (Fsp3) is 0.600. The molecule has 0 aliphatic heterocycles. The lowest BCUT2D eigenvalue weighted by molar-refractivity contribution is 0.228. The molecule has 0 radical (unpaired) electrons. The van der Waals surface area contributed by atoms with Crippen LogP contribution in [0.15, 0.2) is 11.6 Å². The summed E-state index contributed by atoms with van der Waals surface area (Å²) < 4.78 is 0. The van der Waals surface area contributed by atoms with Crippen molar-refractivity contribution in [3.8, 4) is 0 Å². The van der Waals surface area contributed by atoms with Gasteiger partial charge >= 0.3 is 6.03 Å². The standard InChI is InChI=1S/C10H15N3OS/c14-10(13-8-2-1-3-8)12-5-4-9-11-6-7-15-9/h6-8H,1-5H2,(H2,12,13,14). The molecule has 82 valence electrons. The van der Waals surface area contributed by atoms with E-state index in [4.69, 9.17) is 0 Å². The number of urea groups is 1. The summed E-state index contributed by atoms with van der Waals surface area (Å²) in [5.74, 6) is 0. The van der Waals surface area contributed by atoms with Crippen molar-refractivity contribution in [2.75, 3.05) is 6.54 Å². The first kappa shape index (κ1) is 10.4. The summed E-state index contributed by atoms with van der Waals surface area (Å²) in [7, 11) is 0. The van der Waals surface area contributed by atoms with Crippen LogP contribution in [0, 0.1) is 0 Å². The van der Waals surface area contributed by atoms with Gasteiger partial charge < -0.3 is 10.6 Å². The Balaban J connectivity index is 1.58. The van der Waals surface area contributed by atoms with Crippen molar-refractivity contribution in [1.82, 2.24) is 15.6 Å². The highest BCUT2D eigenvalue weighted by atomic mass is 32.1. The number of carbonyl (C=O) groups is 1. The van der Waals surface area contributed by atoms with Gasteiger partial charge in [-0.05, 0) is 19.3 Å². The normalized spacial score (nSPS) is 15.7. The molecule has 2 rings (SSSR count). The van der Waals surface area contributed by atoms with Gasteiger partial charge in [-0.3, -0.25) is 0 Å². The van der Waals surface area contributed by atoms with Crippen LogP contribution in [-0.2, 0) is 6.42 Å². The molecule has 0 saturated heterocycles. The Labute approximate surface area is 93.1 Å². The SMILES string of the molecule is O=C(NCCc1nccs1)NC1CCC1. The molecule has 0 atom stereocenters. The lowest BCUT2D eigenvalue weighted by atomic mass is 9.93. The van der Waals surface area contributed by atoms with Gasteiger partial charge in [0.05, 0.1) is 5.01 Å². The maximum Gasteiger partial charge on any atom is 0.315 e. The molecule has 2 amide bonds. The van der Waals surface area contributed by atoms with Gasteiger partial charge in [0.2, 0.25) is 0 Å². The first-order chi connectivity index (χ1) is 7.34. The van der Waals surface area contributed by atoms with E-state index < -0.39 is 0 Å². The predicted molar refractivity (Wildman–Crippen MR) is 60.0 cm³/mol. The number of thiazole rings is 1. The summed E-state index contributed by atoms with van der Waals surface area (Å²) in [6.45, 7) is 0.659. The molecule has 0 aromatic carbocycles. The van der Waals surface area contributed by atoms with Crippen molar-refractivity contribution in [3.63, 3.8) is 0 Å². The summed E-state index contributed by atoms with van der Waals surface area (Å²) in [4.78, 5) is 15.5. The number of nitrogens with one attached hydrogen (secondary N) is 2. The van der Waals surface area contributed by atoms with Crippen molar-refractivity contribution >= 4 is 17.4 Å². The summed E-state index contributed by atoms with van der Waals surface area (Å²) >= 11 is 1.62. The lowest BCUT2D eigenvalue weighted by Crippen LogP contribution is -2.45. The first-order valence-corrected chi connectivity index (χ1v) is 6.15. The Hall–Kier alpha value is -1.10. The molecule has 2 N–H and O–H groups in total. The van der Waals surface area contributed by atoms with Crippen LogP contribution < -0.4 is 10.6 Å². The number of aromatic nitrogens is 1. The largest absolute Gasteiger partial charge is 0.338 e. The Bertz CT molecular complexity index is 308. The van der Waals surface area contributed by atoms with Crippen LogP contribution in [0.3, 0.4) is 0 Å². The topological polar surface area (TPSA) is 54.0 Å². The Morgan fingerprint density at radius 1 is 1.60 bits per heavy atom. The second-order valence-electron chi connectivity index (χ2n) is 3.70. The van der Waals surface area contributed by atoms with Gasteiger partial charge in [-0.25, -0.2) is 9.78 Å². The fourth-order valence-electron chi connectivity index (χ4n) is 1.45. The molecule has 1 aliphatic carbocycles. The van der Waals surface area contributed by atoms with Gasteiger partial charge in [-0.15, -0.1) is 11.3 Å². The van der Waals surface area contributed by atoms with E-state index in [0.29, 0.717) is 12.6 Å². The second-order valence-corrected chi connectivity index (χ2v) is 4.68. The molecule has 1 saturated carbocycles. The number of carbonyl (C=O) groups excluding carboxylic acids is 1. The van der Waals surface area contributed by atoms with Crippen LogP contribution in [0.5, 0.6) is 0 Å². The third-order valence-corrected chi connectivity index (χ3v) is 3.39. The molecule has 1 aliphatic rings. The summed E-state index contributed by atoms with van der Waals surface area (Å²) in [6, 6.07) is 0.362. The average molecular weight is 225 g/mol. The first-order valence-electron chi connectivity index (χ1n) is 5.27. The maximum atomic E-state index is 11.3. The summed E-state index contributed by atoms with van der Waals surface area (Å²) in [5.41, 5.74) is 0. The summed E-state index contributed by atoms with van der Waals surface area (Å²) in [5, 5.41) is 8.78. The van der Waals surface area contributed by atoms with E-state index in [9.17, 15) is 4.79 Å². The molecular weight excluding hydrogens is 210 g/mol. The quantitative estimate of drug-likeness (QED) is 0.816. The van der Waals surface area contributed by atoms with Crippen LogP contribution in [0.2, 0.25) is 0 Å². The summed E-state index contributed by atoms with van der Waals surface area (Å²) in [6.07, 6.45) is 6.09. The van der Waals surface area contributed by atoms with Crippen LogP contribution >= 0.6 is 11.3 Å². The Morgan fingerprint density at radius 2 is 2.47 bits per heavy atom. The van der Waals surface area contributed by atoms with Crippen molar-refractivity contribution in [2.24, 2.45) is 0 Å². The molecule has 0 spiro atoms. The molecule has 1 aromatic heterocycles. The van der Waals surface area contributed by atoms with Crippen molar-refractivity contribution in [3.05, 3.63) is 16.6 Å². The van der Waals surface area contributed by atoms with Gasteiger partial charge in [0.25, 0.3) is 0 Å². The molecule has 5 heteroatoms. The Kier molecular flexibility index (Phi) is 3.55. The molecule has 15 heavy (non-hydrogen) atoms. The number of amides is 2. The molecule has 0 bridgehead atoms. The van der Waals surface area contributed by atoms with Gasteiger partial charge in [0.15, 0.2) is 0 Å². The average Bonchev–Trinajstić information content (AvgIpc) is 2.64. The molecule has 1 fully saturated rings. The molecule has 1 heterocycles. The predicted octanol–water partition coefficient (Wildman–Crippen LogP) is 1.54. The van der Waals surface area contributed by atoms with Crippen LogP contribution in [0.4, 0.5) is 4.79 Å². The zero-order valence-electron chi connectivity index (χ0n) is 8.53. The smallest absolute Gasteiger partial charge is 0.315 e. The van der Waals surface area contributed by atoms with Gasteiger partial charge in [-0.1, -0.05) is 0 Å². The zero-order chi connectivity index (χ0) is 10.5. The minimum Gasteiger partial charge on any atom is -0.338 e. The van der Waals surface area contributed by atoms with E-state index in [2.05, 4.69) is 15.6 Å².